The second-order valence-corrected chi connectivity index (χ2v) is 9.95. The molecule has 6 rings (SSSR count). The lowest BCUT2D eigenvalue weighted by Gasteiger charge is -2.11. The van der Waals surface area contributed by atoms with E-state index in [1.807, 2.05) is 64.7 Å². The molecule has 0 atom stereocenters. The number of H-pyrrole nitrogens is 1. The molecule has 1 aliphatic carbocycles. The molecule has 1 N–H and O–H groups in total. The molecule has 4 heterocycles. The molecule has 4 nitrogen and oxygen atoms in total. The number of benzene rings is 1. The van der Waals surface area contributed by atoms with Crippen molar-refractivity contribution in [3.8, 4) is 43.5 Å². The Morgan fingerprint density at radius 2 is 1.68 bits per heavy atom. The van der Waals surface area contributed by atoms with Gasteiger partial charge in [-0.15, -0.1) is 22.7 Å². The first-order chi connectivity index (χ1) is 16.8. The zero-order valence-corrected chi connectivity index (χ0v) is 19.9. The van der Waals surface area contributed by atoms with E-state index in [0.29, 0.717) is 11.3 Å². The molecule has 0 amide bonds. The van der Waals surface area contributed by atoms with Crippen LogP contribution >= 0.6 is 22.7 Å². The van der Waals surface area contributed by atoms with Gasteiger partial charge >= 0.3 is 0 Å². The molecule has 6 heteroatoms. The SMILES string of the molecule is O=c1[nH]c(-c2cccs2)cc(-c2ccccc2)c1-c1cc(-c2cccs2)n(C2=CCCC=C2)n1. The Morgan fingerprint density at radius 3 is 2.38 bits per heavy atom. The molecule has 0 spiro atoms. The Labute approximate surface area is 205 Å². The summed E-state index contributed by atoms with van der Waals surface area (Å²) in [4.78, 5) is 18.8. The van der Waals surface area contributed by atoms with E-state index in [9.17, 15) is 4.79 Å². The van der Waals surface area contributed by atoms with Gasteiger partial charge in [0.2, 0.25) is 0 Å². The zero-order chi connectivity index (χ0) is 22.9. The quantitative estimate of drug-likeness (QED) is 0.283. The maximum Gasteiger partial charge on any atom is 0.258 e. The average Bonchev–Trinajstić information content (AvgIpc) is 3.66. The van der Waals surface area contributed by atoms with E-state index >= 15 is 0 Å². The lowest BCUT2D eigenvalue weighted by molar-refractivity contribution is 0.899. The molecule has 0 radical (unpaired) electrons. The van der Waals surface area contributed by atoms with Crippen LogP contribution in [-0.4, -0.2) is 14.8 Å². The average molecular weight is 480 g/mol. The molecule has 0 saturated carbocycles. The topological polar surface area (TPSA) is 50.7 Å². The molecule has 0 unspecified atom stereocenters. The Morgan fingerprint density at radius 1 is 0.882 bits per heavy atom. The smallest absolute Gasteiger partial charge is 0.258 e. The molecular formula is C28H21N3OS2. The Balaban J connectivity index is 1.60. The van der Waals surface area contributed by atoms with Crippen LogP contribution in [0.4, 0.5) is 0 Å². The zero-order valence-electron chi connectivity index (χ0n) is 18.3. The largest absolute Gasteiger partial charge is 0.321 e. The molecule has 0 bridgehead atoms. The van der Waals surface area contributed by atoms with Gasteiger partial charge in [-0.2, -0.15) is 5.10 Å². The Kier molecular flexibility index (Phi) is 5.45. The molecule has 0 fully saturated rings. The predicted molar refractivity (Wildman–Crippen MR) is 143 cm³/mol. The van der Waals surface area contributed by atoms with Crippen molar-refractivity contribution in [1.82, 2.24) is 14.8 Å². The minimum atomic E-state index is -0.139. The van der Waals surface area contributed by atoms with Crippen LogP contribution < -0.4 is 5.56 Å². The van der Waals surface area contributed by atoms with E-state index in [-0.39, 0.29) is 5.56 Å². The molecule has 166 valence electrons. The van der Waals surface area contributed by atoms with Crippen molar-refractivity contribution in [2.45, 2.75) is 12.8 Å². The number of pyridine rings is 1. The van der Waals surface area contributed by atoms with Gasteiger partial charge in [-0.1, -0.05) is 54.6 Å². The third-order valence-corrected chi connectivity index (χ3v) is 7.66. The molecule has 1 aromatic carbocycles. The van der Waals surface area contributed by atoms with Gasteiger partial charge in [-0.05, 0) is 65.1 Å². The maximum atomic E-state index is 13.6. The first-order valence-corrected chi connectivity index (χ1v) is 12.9. The summed E-state index contributed by atoms with van der Waals surface area (Å²) in [6.45, 7) is 0. The maximum absolute atomic E-state index is 13.6. The van der Waals surface area contributed by atoms with Crippen molar-refractivity contribution in [3.63, 3.8) is 0 Å². The van der Waals surface area contributed by atoms with Crippen LogP contribution in [-0.2, 0) is 0 Å². The van der Waals surface area contributed by atoms with Crippen molar-refractivity contribution in [3.05, 3.63) is 106 Å². The van der Waals surface area contributed by atoms with E-state index in [2.05, 4.69) is 40.7 Å². The summed E-state index contributed by atoms with van der Waals surface area (Å²) >= 11 is 3.28. The number of allylic oxidation sites excluding steroid dienone is 4. The molecule has 5 aromatic rings. The summed E-state index contributed by atoms with van der Waals surface area (Å²) in [7, 11) is 0. The summed E-state index contributed by atoms with van der Waals surface area (Å²) in [5.74, 6) is 0. The number of hydrogen-bond acceptors (Lipinski definition) is 4. The van der Waals surface area contributed by atoms with E-state index < -0.39 is 0 Å². The van der Waals surface area contributed by atoms with Crippen molar-refractivity contribution in [2.24, 2.45) is 0 Å². The predicted octanol–water partition coefficient (Wildman–Crippen LogP) is 7.55. The fourth-order valence-electron chi connectivity index (χ4n) is 4.28. The van der Waals surface area contributed by atoms with E-state index in [0.717, 1.165) is 50.8 Å². The van der Waals surface area contributed by atoms with Crippen LogP contribution in [0.5, 0.6) is 0 Å². The van der Waals surface area contributed by atoms with E-state index in [4.69, 9.17) is 5.10 Å². The van der Waals surface area contributed by atoms with Crippen LogP contribution in [0.15, 0.2) is 101 Å². The van der Waals surface area contributed by atoms with Crippen LogP contribution in [0, 0.1) is 0 Å². The summed E-state index contributed by atoms with van der Waals surface area (Å²) in [5.41, 5.74) is 5.83. The van der Waals surface area contributed by atoms with Gasteiger partial charge in [-0.25, -0.2) is 4.68 Å². The third-order valence-electron chi connectivity index (χ3n) is 5.86. The third kappa shape index (κ3) is 3.81. The summed E-state index contributed by atoms with van der Waals surface area (Å²) in [6, 6.07) is 22.3. The van der Waals surface area contributed by atoms with Crippen molar-refractivity contribution in [2.75, 3.05) is 0 Å². The standard InChI is InChI=1S/C28H21N3OS2/c32-28-27(21(19-9-3-1-4-10-19)17-22(29-28)25-13-7-15-33-25)23-18-24(26-14-8-16-34-26)31(30-23)20-11-5-2-6-12-20/h1,3-5,7-18H,2,6H2,(H,29,32). The molecular weight excluding hydrogens is 458 g/mol. The number of rotatable bonds is 5. The van der Waals surface area contributed by atoms with Gasteiger partial charge in [0, 0.05) is 0 Å². The Hall–Kier alpha value is -3.74. The highest BCUT2D eigenvalue weighted by atomic mass is 32.1. The van der Waals surface area contributed by atoms with Crippen molar-refractivity contribution >= 4 is 28.4 Å². The number of thiophene rings is 2. The van der Waals surface area contributed by atoms with Gasteiger partial charge in [0.1, 0.15) is 0 Å². The Bertz CT molecular complexity index is 1550. The fourth-order valence-corrected chi connectivity index (χ4v) is 5.71. The van der Waals surface area contributed by atoms with Gasteiger partial charge in [-0.3, -0.25) is 4.79 Å². The lowest BCUT2D eigenvalue weighted by atomic mass is 9.98. The lowest BCUT2D eigenvalue weighted by Crippen LogP contribution is -2.12. The minimum absolute atomic E-state index is 0.139. The number of nitrogens with one attached hydrogen (secondary N) is 1. The molecule has 34 heavy (non-hydrogen) atoms. The van der Waals surface area contributed by atoms with Crippen LogP contribution in [0.25, 0.3) is 49.2 Å². The summed E-state index contributed by atoms with van der Waals surface area (Å²) in [6.07, 6.45) is 8.51. The second kappa shape index (κ2) is 8.89. The van der Waals surface area contributed by atoms with E-state index in [1.165, 1.54) is 0 Å². The number of nitrogens with zero attached hydrogens (tertiary/aromatic N) is 2. The first kappa shape index (κ1) is 20.8. The van der Waals surface area contributed by atoms with Crippen molar-refractivity contribution < 1.29 is 0 Å². The molecule has 4 aromatic heterocycles. The molecule has 0 saturated heterocycles. The monoisotopic (exact) mass is 479 g/mol. The number of aromatic nitrogens is 3. The molecule has 0 aliphatic heterocycles. The van der Waals surface area contributed by atoms with Crippen LogP contribution in [0.2, 0.25) is 0 Å². The first-order valence-electron chi connectivity index (χ1n) is 11.2. The van der Waals surface area contributed by atoms with Crippen LogP contribution in [0.3, 0.4) is 0 Å². The number of aromatic amines is 1. The highest BCUT2D eigenvalue weighted by Crippen LogP contribution is 2.36. The molecule has 1 aliphatic rings. The summed E-state index contributed by atoms with van der Waals surface area (Å²) < 4.78 is 1.97. The normalized spacial score (nSPS) is 13.2. The summed E-state index contributed by atoms with van der Waals surface area (Å²) in [5, 5.41) is 9.07. The van der Waals surface area contributed by atoms with E-state index in [1.54, 1.807) is 22.7 Å². The fraction of sp³-hybridized carbons (Fsp3) is 0.0714. The van der Waals surface area contributed by atoms with Gasteiger partial charge in [0.15, 0.2) is 0 Å². The van der Waals surface area contributed by atoms with Crippen LogP contribution in [0.1, 0.15) is 12.8 Å². The highest BCUT2D eigenvalue weighted by Gasteiger charge is 2.21. The van der Waals surface area contributed by atoms with Crippen molar-refractivity contribution in [1.29, 1.82) is 0 Å². The van der Waals surface area contributed by atoms with Gasteiger partial charge in [0.25, 0.3) is 5.56 Å². The van der Waals surface area contributed by atoms with Gasteiger partial charge in [0.05, 0.1) is 38.1 Å². The second-order valence-electron chi connectivity index (χ2n) is 8.06. The number of hydrogen-bond donors (Lipinski definition) is 1. The highest BCUT2D eigenvalue weighted by molar-refractivity contribution is 7.13. The van der Waals surface area contributed by atoms with Gasteiger partial charge < -0.3 is 4.98 Å². The minimum Gasteiger partial charge on any atom is -0.321 e.